The number of likely N-dealkylation sites (N-methyl/N-ethyl adjacent to an activating group) is 1. The minimum absolute atomic E-state index is 0.0603. The van der Waals surface area contributed by atoms with Crippen LogP contribution in [0.5, 0.6) is 0 Å². The van der Waals surface area contributed by atoms with Crippen LogP contribution >= 0.6 is 0 Å². The van der Waals surface area contributed by atoms with Crippen molar-refractivity contribution in [1.82, 2.24) is 19.8 Å². The molecule has 1 amide bonds. The van der Waals surface area contributed by atoms with Crippen molar-refractivity contribution < 1.29 is 4.79 Å². The van der Waals surface area contributed by atoms with Gasteiger partial charge in [0.1, 0.15) is 0 Å². The van der Waals surface area contributed by atoms with Crippen LogP contribution in [0.3, 0.4) is 0 Å². The van der Waals surface area contributed by atoms with Crippen molar-refractivity contribution in [3.8, 4) is 11.3 Å². The monoisotopic (exact) mass is 391 g/mol. The number of carbonyl (C=O) groups is 1. The van der Waals surface area contributed by atoms with Crippen LogP contribution in [-0.2, 0) is 0 Å². The van der Waals surface area contributed by atoms with Crippen LogP contribution in [0.4, 0.5) is 5.69 Å². The highest BCUT2D eigenvalue weighted by Gasteiger charge is 2.13. The number of anilines is 1. The standard InChI is InChI=1S/C23H29N5O/c1-5-28(6-2)23(29)18-9-7-17(8-10-18)21-15-22(25-13-14-27(3)4)19-16-24-12-11-20(19)26-21/h7-12,15-16H,5-6,13-14H2,1-4H3,(H,25,26). The summed E-state index contributed by atoms with van der Waals surface area (Å²) in [4.78, 5) is 25.6. The largest absolute Gasteiger partial charge is 0.383 e. The van der Waals surface area contributed by atoms with Gasteiger partial charge >= 0.3 is 0 Å². The van der Waals surface area contributed by atoms with Gasteiger partial charge in [-0.3, -0.25) is 9.78 Å². The Morgan fingerprint density at radius 2 is 1.79 bits per heavy atom. The van der Waals surface area contributed by atoms with Crippen molar-refractivity contribution in [1.29, 1.82) is 0 Å². The Morgan fingerprint density at radius 1 is 1.07 bits per heavy atom. The van der Waals surface area contributed by atoms with E-state index in [9.17, 15) is 4.79 Å². The summed E-state index contributed by atoms with van der Waals surface area (Å²) in [5.41, 5.74) is 4.47. The summed E-state index contributed by atoms with van der Waals surface area (Å²) in [6.07, 6.45) is 3.60. The van der Waals surface area contributed by atoms with Gasteiger partial charge in [-0.25, -0.2) is 4.98 Å². The number of pyridine rings is 2. The van der Waals surface area contributed by atoms with E-state index in [-0.39, 0.29) is 5.91 Å². The van der Waals surface area contributed by atoms with Crippen LogP contribution in [0.2, 0.25) is 0 Å². The van der Waals surface area contributed by atoms with E-state index in [0.717, 1.165) is 40.9 Å². The molecule has 6 heteroatoms. The van der Waals surface area contributed by atoms with E-state index in [4.69, 9.17) is 4.98 Å². The van der Waals surface area contributed by atoms with E-state index in [2.05, 4.69) is 35.4 Å². The average Bonchev–Trinajstić information content (AvgIpc) is 2.74. The third-order valence-corrected chi connectivity index (χ3v) is 4.96. The zero-order valence-corrected chi connectivity index (χ0v) is 17.6. The molecule has 0 saturated heterocycles. The number of benzene rings is 1. The van der Waals surface area contributed by atoms with Gasteiger partial charge in [-0.1, -0.05) is 12.1 Å². The number of hydrogen-bond donors (Lipinski definition) is 1. The average molecular weight is 392 g/mol. The first-order valence-corrected chi connectivity index (χ1v) is 10.1. The van der Waals surface area contributed by atoms with E-state index in [0.29, 0.717) is 18.7 Å². The maximum absolute atomic E-state index is 12.5. The highest BCUT2D eigenvalue weighted by molar-refractivity contribution is 5.95. The minimum Gasteiger partial charge on any atom is -0.383 e. The first kappa shape index (κ1) is 20.7. The number of hydrogen-bond acceptors (Lipinski definition) is 5. The molecule has 1 N–H and O–H groups in total. The Hall–Kier alpha value is -2.99. The molecule has 0 aliphatic rings. The molecular formula is C23H29N5O. The Morgan fingerprint density at radius 3 is 2.45 bits per heavy atom. The molecule has 3 rings (SSSR count). The quantitative estimate of drug-likeness (QED) is 0.634. The van der Waals surface area contributed by atoms with Crippen molar-refractivity contribution in [2.24, 2.45) is 0 Å². The molecule has 3 aromatic rings. The maximum atomic E-state index is 12.5. The third-order valence-electron chi connectivity index (χ3n) is 4.96. The van der Waals surface area contributed by atoms with Crippen LogP contribution in [0.1, 0.15) is 24.2 Å². The third kappa shape index (κ3) is 4.90. The zero-order valence-electron chi connectivity index (χ0n) is 17.6. The number of carbonyl (C=O) groups excluding carboxylic acids is 1. The Balaban J connectivity index is 1.92. The van der Waals surface area contributed by atoms with Gasteiger partial charge < -0.3 is 15.1 Å². The topological polar surface area (TPSA) is 61.4 Å². The Labute approximate surface area is 172 Å². The molecule has 152 valence electrons. The first-order valence-electron chi connectivity index (χ1n) is 10.1. The molecule has 6 nitrogen and oxygen atoms in total. The molecule has 0 aliphatic carbocycles. The second kappa shape index (κ2) is 9.47. The van der Waals surface area contributed by atoms with Gasteiger partial charge in [-0.05, 0) is 52.2 Å². The van der Waals surface area contributed by atoms with E-state index in [1.54, 1.807) is 6.20 Å². The van der Waals surface area contributed by atoms with Gasteiger partial charge in [-0.15, -0.1) is 0 Å². The number of aromatic nitrogens is 2. The van der Waals surface area contributed by atoms with Gasteiger partial charge in [0, 0.05) is 60.8 Å². The number of nitrogens with one attached hydrogen (secondary N) is 1. The van der Waals surface area contributed by atoms with Crippen molar-refractivity contribution in [2.45, 2.75) is 13.8 Å². The molecule has 2 aromatic heterocycles. The first-order chi connectivity index (χ1) is 14.0. The number of rotatable bonds is 8. The Bertz CT molecular complexity index is 965. The van der Waals surface area contributed by atoms with E-state index in [1.807, 2.05) is 55.3 Å². The van der Waals surface area contributed by atoms with Crippen LogP contribution in [0.15, 0.2) is 48.8 Å². The number of amides is 1. The molecule has 0 unspecified atom stereocenters. The Kier molecular flexibility index (Phi) is 6.77. The summed E-state index contributed by atoms with van der Waals surface area (Å²) in [5, 5.41) is 4.51. The van der Waals surface area contributed by atoms with Crippen molar-refractivity contribution in [3.63, 3.8) is 0 Å². The lowest BCUT2D eigenvalue weighted by Crippen LogP contribution is -2.30. The number of fused-ring (bicyclic) bond motifs is 1. The summed E-state index contributed by atoms with van der Waals surface area (Å²) in [5.74, 6) is 0.0603. The zero-order chi connectivity index (χ0) is 20.8. The fourth-order valence-electron chi connectivity index (χ4n) is 3.25. The van der Waals surface area contributed by atoms with Crippen molar-refractivity contribution in [2.75, 3.05) is 45.6 Å². The lowest BCUT2D eigenvalue weighted by atomic mass is 10.1. The van der Waals surface area contributed by atoms with Gasteiger partial charge in [0.2, 0.25) is 0 Å². The summed E-state index contributed by atoms with van der Waals surface area (Å²) in [6, 6.07) is 11.7. The highest BCUT2D eigenvalue weighted by atomic mass is 16.2. The molecule has 2 heterocycles. The van der Waals surface area contributed by atoms with Crippen molar-refractivity contribution in [3.05, 3.63) is 54.4 Å². The summed E-state index contributed by atoms with van der Waals surface area (Å²) in [6.45, 7) is 7.17. The fraction of sp³-hybridized carbons (Fsp3) is 0.348. The molecular weight excluding hydrogens is 362 g/mol. The smallest absolute Gasteiger partial charge is 0.253 e. The molecule has 0 fully saturated rings. The molecule has 0 radical (unpaired) electrons. The van der Waals surface area contributed by atoms with Crippen LogP contribution in [-0.4, -0.2) is 65.9 Å². The SMILES string of the molecule is CCN(CC)C(=O)c1ccc(-c2cc(NCCN(C)C)c3cnccc3n2)cc1. The molecule has 1 aromatic carbocycles. The predicted octanol–water partition coefficient (Wildman–Crippen LogP) is 3.75. The summed E-state index contributed by atoms with van der Waals surface area (Å²) >= 11 is 0. The molecule has 0 atom stereocenters. The highest BCUT2D eigenvalue weighted by Crippen LogP contribution is 2.28. The normalized spacial score (nSPS) is 11.1. The molecule has 0 saturated carbocycles. The molecule has 0 aliphatic heterocycles. The van der Waals surface area contributed by atoms with Crippen LogP contribution in [0.25, 0.3) is 22.2 Å². The minimum atomic E-state index is 0.0603. The van der Waals surface area contributed by atoms with Gasteiger partial charge in [0.25, 0.3) is 5.91 Å². The molecule has 29 heavy (non-hydrogen) atoms. The van der Waals surface area contributed by atoms with Gasteiger partial charge in [-0.2, -0.15) is 0 Å². The van der Waals surface area contributed by atoms with Gasteiger partial charge in [0.05, 0.1) is 11.2 Å². The maximum Gasteiger partial charge on any atom is 0.253 e. The lowest BCUT2D eigenvalue weighted by molar-refractivity contribution is 0.0773. The van der Waals surface area contributed by atoms with Gasteiger partial charge in [0.15, 0.2) is 0 Å². The summed E-state index contributed by atoms with van der Waals surface area (Å²) in [7, 11) is 4.11. The second-order valence-electron chi connectivity index (χ2n) is 7.23. The predicted molar refractivity (Wildman–Crippen MR) is 119 cm³/mol. The second-order valence-corrected chi connectivity index (χ2v) is 7.23. The number of nitrogens with zero attached hydrogens (tertiary/aromatic N) is 4. The summed E-state index contributed by atoms with van der Waals surface area (Å²) < 4.78 is 0. The van der Waals surface area contributed by atoms with Crippen molar-refractivity contribution >= 4 is 22.5 Å². The molecule has 0 spiro atoms. The van der Waals surface area contributed by atoms with Crippen LogP contribution < -0.4 is 5.32 Å². The van der Waals surface area contributed by atoms with E-state index < -0.39 is 0 Å². The lowest BCUT2D eigenvalue weighted by Gasteiger charge is -2.18. The molecule has 0 bridgehead atoms. The van der Waals surface area contributed by atoms with E-state index in [1.165, 1.54) is 0 Å². The fourth-order valence-corrected chi connectivity index (χ4v) is 3.25. The van der Waals surface area contributed by atoms with Crippen LogP contribution in [0, 0.1) is 0 Å². The van der Waals surface area contributed by atoms with E-state index >= 15 is 0 Å².